The van der Waals surface area contributed by atoms with Crippen molar-refractivity contribution in [2.75, 3.05) is 7.11 Å². The lowest BCUT2D eigenvalue weighted by Crippen LogP contribution is -2.47. The third kappa shape index (κ3) is 2.84. The molecule has 3 heteroatoms. The van der Waals surface area contributed by atoms with Crippen LogP contribution in [0.1, 0.15) is 63.2 Å². The van der Waals surface area contributed by atoms with E-state index in [0.717, 1.165) is 25.0 Å². The molecule has 160 valence electrons. The number of hydrogen-bond donors (Lipinski definition) is 0. The molecule has 3 aliphatic carbocycles. The zero-order chi connectivity index (χ0) is 21.1. The number of rotatable bonds is 3. The van der Waals surface area contributed by atoms with Gasteiger partial charge in [0.2, 0.25) is 0 Å². The average Bonchev–Trinajstić information content (AvgIpc) is 3.10. The molecule has 0 heterocycles. The van der Waals surface area contributed by atoms with Gasteiger partial charge in [-0.3, -0.25) is 0 Å². The fourth-order valence-corrected chi connectivity index (χ4v) is 7.46. The largest absolute Gasteiger partial charge is 0.497 e. The Kier molecular flexibility index (Phi) is 4.88. The van der Waals surface area contributed by atoms with Gasteiger partial charge < -0.3 is 9.26 Å². The van der Waals surface area contributed by atoms with Gasteiger partial charge in [0.1, 0.15) is 5.75 Å². The van der Waals surface area contributed by atoms with Crippen LogP contribution in [-0.4, -0.2) is 13.2 Å². The normalized spacial score (nSPS) is 32.4. The predicted molar refractivity (Wildman–Crippen MR) is 130 cm³/mol. The molecule has 0 bridgehead atoms. The maximum atomic E-state index is 5.99. The molecule has 1 fully saturated rings. The van der Waals surface area contributed by atoms with E-state index in [1.54, 1.807) is 12.7 Å². The summed E-state index contributed by atoms with van der Waals surface area (Å²) in [6.45, 7) is 7.19. The quantitative estimate of drug-likeness (QED) is 0.489. The summed E-state index contributed by atoms with van der Waals surface area (Å²) >= 11 is 0. The van der Waals surface area contributed by atoms with Crippen LogP contribution in [0.5, 0.6) is 5.75 Å². The fraction of sp³-hybridized carbons (Fsp3) is 0.481. The molecule has 0 aliphatic heterocycles. The summed E-state index contributed by atoms with van der Waals surface area (Å²) in [5, 5.41) is 0. The van der Waals surface area contributed by atoms with E-state index in [2.05, 4.69) is 72.7 Å². The minimum atomic E-state index is 0. The van der Waals surface area contributed by atoms with E-state index in [4.69, 9.17) is 9.26 Å². The maximum absolute atomic E-state index is 5.99. The third-order valence-corrected chi connectivity index (χ3v) is 8.84. The van der Waals surface area contributed by atoms with Crippen LogP contribution in [0, 0.1) is 23.7 Å². The third-order valence-electron chi connectivity index (χ3n) is 8.51. The molecule has 2 aromatic rings. The number of benzene rings is 2. The second-order valence-electron chi connectivity index (χ2n) is 10.1. The summed E-state index contributed by atoms with van der Waals surface area (Å²) in [4.78, 5) is 0. The first-order valence-electron chi connectivity index (χ1n) is 11.2. The molecule has 5 rings (SSSR count). The topological polar surface area (TPSA) is 18.5 Å². The van der Waals surface area contributed by atoms with Gasteiger partial charge in [0.25, 0.3) is 0 Å². The highest BCUT2D eigenvalue weighted by Gasteiger charge is 2.59. The van der Waals surface area contributed by atoms with Gasteiger partial charge in [-0.1, -0.05) is 49.7 Å². The van der Waals surface area contributed by atoms with Gasteiger partial charge in [-0.2, -0.15) is 0 Å². The molecule has 2 nitrogen and oxygen atoms in total. The molecule has 1 saturated carbocycles. The number of aryl methyl sites for hydroxylation is 2. The SMILES string of the molecule is COc1ccc2c(c1)CC[C@]1(C)C2=C(c2ccc(C)cc2)C[C@]2(C)[C@@H](OP)CC[C@H]21.[3HH]. The highest BCUT2D eigenvalue weighted by Crippen LogP contribution is 2.68. The lowest BCUT2D eigenvalue weighted by atomic mass is 9.50. The first kappa shape index (κ1) is 20.3. The summed E-state index contributed by atoms with van der Waals surface area (Å²) in [5.74, 6) is 1.61. The molecule has 30 heavy (non-hydrogen) atoms. The average molecular weight is 425 g/mol. The zero-order valence-corrected chi connectivity index (χ0v) is 19.8. The van der Waals surface area contributed by atoms with Crippen molar-refractivity contribution >= 4 is 20.6 Å². The number of methoxy groups -OCH3 is 1. The molecule has 0 N–H and O–H groups in total. The van der Waals surface area contributed by atoms with Crippen LogP contribution < -0.4 is 4.74 Å². The van der Waals surface area contributed by atoms with Crippen molar-refractivity contribution in [2.45, 2.75) is 59.0 Å². The summed E-state index contributed by atoms with van der Waals surface area (Å²) in [5.41, 5.74) is 9.02. The van der Waals surface area contributed by atoms with Crippen LogP contribution in [0.25, 0.3) is 11.1 Å². The molecule has 0 radical (unpaired) electrons. The second kappa shape index (κ2) is 7.21. The molecular formula is C27H35O2P. The Morgan fingerprint density at radius 3 is 2.53 bits per heavy atom. The molecule has 0 spiro atoms. The van der Waals surface area contributed by atoms with Crippen LogP contribution in [0.3, 0.4) is 0 Å². The standard InChI is InChI=1S/C27H33O2P.H2/c1-17-5-7-18(8-6-17)22-16-27(3)23(11-12-24(27)29-30)26(2)14-13-19-15-20(28-4)9-10-21(19)25(22)26;/h5-10,15,23-24H,11-14,16,30H2,1-4H3;1H/t23-,24-,26-,27-;/m0./s1/i;1+2. The Bertz CT molecular complexity index is 1010. The molecule has 0 saturated heterocycles. The molecule has 3 aliphatic rings. The van der Waals surface area contributed by atoms with Crippen LogP contribution in [-0.2, 0) is 10.9 Å². The highest BCUT2D eigenvalue weighted by molar-refractivity contribution is 7.09. The van der Waals surface area contributed by atoms with Crippen molar-refractivity contribution in [3.63, 3.8) is 0 Å². The number of hydrogen-bond acceptors (Lipinski definition) is 2. The number of ether oxygens (including phenoxy) is 1. The summed E-state index contributed by atoms with van der Waals surface area (Å²) in [7, 11) is 4.33. The van der Waals surface area contributed by atoms with Crippen molar-refractivity contribution in [2.24, 2.45) is 16.7 Å². The van der Waals surface area contributed by atoms with Crippen LogP contribution in [0.2, 0.25) is 0 Å². The predicted octanol–water partition coefficient (Wildman–Crippen LogP) is 7.11. The molecule has 0 amide bonds. The Morgan fingerprint density at radius 2 is 1.83 bits per heavy atom. The number of fused-ring (bicyclic) bond motifs is 5. The van der Waals surface area contributed by atoms with Crippen molar-refractivity contribution in [1.82, 2.24) is 0 Å². The molecule has 0 aromatic heterocycles. The zero-order valence-electron chi connectivity index (χ0n) is 18.6. The van der Waals surface area contributed by atoms with Crippen molar-refractivity contribution in [3.8, 4) is 5.75 Å². The first-order chi connectivity index (χ1) is 14.4. The highest BCUT2D eigenvalue weighted by atomic mass is 31.0. The van der Waals surface area contributed by atoms with Crippen molar-refractivity contribution < 1.29 is 10.7 Å². The Hall–Kier alpha value is -1.63. The van der Waals surface area contributed by atoms with Gasteiger partial charge in [0.05, 0.1) is 13.2 Å². The summed E-state index contributed by atoms with van der Waals surface area (Å²) in [6.07, 6.45) is 6.11. The minimum Gasteiger partial charge on any atom is -0.497 e. The molecule has 2 aromatic carbocycles. The van der Waals surface area contributed by atoms with E-state index >= 15 is 0 Å². The van der Waals surface area contributed by atoms with E-state index in [1.165, 1.54) is 40.7 Å². The van der Waals surface area contributed by atoms with Crippen LogP contribution in [0.15, 0.2) is 42.5 Å². The lowest BCUT2D eigenvalue weighted by Gasteiger charge is -2.54. The monoisotopic (exact) mass is 424 g/mol. The van der Waals surface area contributed by atoms with E-state index in [0.29, 0.717) is 12.0 Å². The van der Waals surface area contributed by atoms with Gasteiger partial charge in [-0.15, -0.1) is 0 Å². The van der Waals surface area contributed by atoms with E-state index in [1.807, 2.05) is 0 Å². The minimum absolute atomic E-state index is 0. The smallest absolute Gasteiger partial charge is 0.119 e. The Balaban J connectivity index is 0.00000231. The first-order valence-corrected chi connectivity index (χ1v) is 11.7. The van der Waals surface area contributed by atoms with Gasteiger partial charge in [-0.25, -0.2) is 0 Å². The second-order valence-corrected chi connectivity index (χ2v) is 10.4. The van der Waals surface area contributed by atoms with Gasteiger partial charge in [0.15, 0.2) is 0 Å². The number of allylic oxidation sites excluding steroid dienone is 2. The summed E-state index contributed by atoms with van der Waals surface area (Å²) in [6, 6.07) is 15.9. The lowest BCUT2D eigenvalue weighted by molar-refractivity contribution is 0.0283. The van der Waals surface area contributed by atoms with Gasteiger partial charge in [0, 0.05) is 16.3 Å². The fourth-order valence-electron chi connectivity index (χ4n) is 7.01. The molecule has 5 atom stereocenters. The van der Waals surface area contributed by atoms with Crippen molar-refractivity contribution in [1.29, 1.82) is 0 Å². The van der Waals surface area contributed by atoms with Crippen molar-refractivity contribution in [3.05, 3.63) is 64.7 Å². The molecule has 1 unspecified atom stereocenters. The van der Waals surface area contributed by atoms with Gasteiger partial charge >= 0.3 is 0 Å². The molecular weight excluding hydrogens is 387 g/mol. The van der Waals surface area contributed by atoms with Crippen LogP contribution in [0.4, 0.5) is 0 Å². The van der Waals surface area contributed by atoms with Crippen LogP contribution >= 0.6 is 9.47 Å². The Morgan fingerprint density at radius 1 is 1.07 bits per heavy atom. The van der Waals surface area contributed by atoms with E-state index in [9.17, 15) is 0 Å². The van der Waals surface area contributed by atoms with E-state index in [-0.39, 0.29) is 12.3 Å². The summed E-state index contributed by atoms with van der Waals surface area (Å²) < 4.78 is 11.5. The van der Waals surface area contributed by atoms with E-state index < -0.39 is 0 Å². The maximum Gasteiger partial charge on any atom is 0.119 e. The van der Waals surface area contributed by atoms with Gasteiger partial charge in [-0.05, 0) is 90.3 Å². The Labute approximate surface area is 184 Å².